The van der Waals surface area contributed by atoms with Gasteiger partial charge >= 0.3 is 6.18 Å². The van der Waals surface area contributed by atoms with E-state index in [1.807, 2.05) is 0 Å². The molecule has 3 N–H and O–H groups in total. The topological polar surface area (TPSA) is 55.1 Å². The van der Waals surface area contributed by atoms with E-state index in [2.05, 4.69) is 5.32 Å². The van der Waals surface area contributed by atoms with E-state index in [0.29, 0.717) is 5.56 Å². The lowest BCUT2D eigenvalue weighted by molar-refractivity contribution is -0.137. The summed E-state index contributed by atoms with van der Waals surface area (Å²) in [5.74, 6) is -0.580. The Balaban J connectivity index is 2.98. The van der Waals surface area contributed by atoms with E-state index in [4.69, 9.17) is 5.73 Å². The smallest absolute Gasteiger partial charge is 0.324 e. The highest BCUT2D eigenvalue weighted by molar-refractivity contribution is 5.95. The molecular weight excluding hydrogens is 257 g/mol. The average Bonchev–Trinajstić information content (AvgIpc) is 2.29. The van der Waals surface area contributed by atoms with Gasteiger partial charge in [0.05, 0.1) is 11.6 Å². The quantitative estimate of drug-likeness (QED) is 0.890. The minimum atomic E-state index is -4.44. The Hall–Kier alpha value is -1.56. The van der Waals surface area contributed by atoms with Crippen LogP contribution in [0.4, 0.5) is 18.9 Å². The zero-order valence-corrected chi connectivity index (χ0v) is 11.0. The molecule has 0 fully saturated rings. The molecule has 19 heavy (non-hydrogen) atoms. The molecule has 0 aliphatic rings. The third kappa shape index (κ3) is 3.96. The van der Waals surface area contributed by atoms with Crippen LogP contribution in [0.3, 0.4) is 0 Å². The van der Waals surface area contributed by atoms with Gasteiger partial charge < -0.3 is 11.1 Å². The molecule has 0 aliphatic carbocycles. The van der Waals surface area contributed by atoms with Crippen LogP contribution in [0, 0.1) is 12.8 Å². The number of aryl methyl sites for hydroxylation is 1. The first-order valence-corrected chi connectivity index (χ1v) is 5.87. The van der Waals surface area contributed by atoms with E-state index in [9.17, 15) is 18.0 Å². The highest BCUT2D eigenvalue weighted by Gasteiger charge is 2.31. The van der Waals surface area contributed by atoms with Crippen molar-refractivity contribution in [3.8, 4) is 0 Å². The molecule has 0 heterocycles. The van der Waals surface area contributed by atoms with E-state index >= 15 is 0 Å². The van der Waals surface area contributed by atoms with Gasteiger partial charge in [-0.1, -0.05) is 19.9 Å². The predicted octanol–water partition coefficient (Wildman–Crippen LogP) is 2.94. The molecule has 6 heteroatoms. The molecule has 0 spiro atoms. The average molecular weight is 274 g/mol. The van der Waals surface area contributed by atoms with Gasteiger partial charge in [0.2, 0.25) is 5.91 Å². The number of amides is 1. The highest BCUT2D eigenvalue weighted by atomic mass is 19.4. The maximum Gasteiger partial charge on any atom is 0.416 e. The summed E-state index contributed by atoms with van der Waals surface area (Å²) < 4.78 is 37.8. The monoisotopic (exact) mass is 274 g/mol. The number of carbonyl (C=O) groups excluding carboxylic acids is 1. The third-order valence-corrected chi connectivity index (χ3v) is 2.84. The fraction of sp³-hybridized carbons (Fsp3) is 0.462. The minimum absolute atomic E-state index is 0.0916. The number of rotatable bonds is 3. The molecule has 0 bridgehead atoms. The lowest BCUT2D eigenvalue weighted by Crippen LogP contribution is -2.39. The molecule has 3 nitrogen and oxygen atoms in total. The summed E-state index contributed by atoms with van der Waals surface area (Å²) >= 11 is 0. The summed E-state index contributed by atoms with van der Waals surface area (Å²) in [5, 5.41) is 2.44. The van der Waals surface area contributed by atoms with Gasteiger partial charge in [0.15, 0.2) is 0 Å². The van der Waals surface area contributed by atoms with E-state index in [0.717, 1.165) is 12.1 Å². The molecule has 0 aliphatic heterocycles. The third-order valence-electron chi connectivity index (χ3n) is 2.84. The van der Waals surface area contributed by atoms with Crippen LogP contribution >= 0.6 is 0 Å². The molecule has 1 atom stereocenters. The van der Waals surface area contributed by atoms with Crippen molar-refractivity contribution in [1.82, 2.24) is 0 Å². The van der Waals surface area contributed by atoms with Crippen LogP contribution in [-0.4, -0.2) is 11.9 Å². The summed E-state index contributed by atoms with van der Waals surface area (Å²) in [5.41, 5.74) is 5.54. The number of nitrogens with two attached hydrogens (primary N) is 1. The number of carbonyl (C=O) groups is 1. The highest BCUT2D eigenvalue weighted by Crippen LogP contribution is 2.32. The summed E-state index contributed by atoms with van der Waals surface area (Å²) in [4.78, 5) is 11.7. The molecule has 106 valence electrons. The maximum atomic E-state index is 12.6. The Kier molecular flexibility index (Phi) is 4.57. The first-order valence-electron chi connectivity index (χ1n) is 5.87. The first-order chi connectivity index (χ1) is 8.62. The van der Waals surface area contributed by atoms with Crippen molar-refractivity contribution in [3.63, 3.8) is 0 Å². The van der Waals surface area contributed by atoms with E-state index in [1.54, 1.807) is 20.8 Å². The molecule has 1 amide bonds. The van der Waals surface area contributed by atoms with Crippen molar-refractivity contribution in [2.75, 3.05) is 5.32 Å². The Bertz CT molecular complexity index is 469. The first kappa shape index (κ1) is 15.5. The summed E-state index contributed by atoms with van der Waals surface area (Å²) in [6.07, 6.45) is -4.44. The second kappa shape index (κ2) is 5.61. The molecule has 0 saturated heterocycles. The Morgan fingerprint density at radius 3 is 2.37 bits per heavy atom. The van der Waals surface area contributed by atoms with Crippen molar-refractivity contribution >= 4 is 11.6 Å². The molecule has 1 aromatic carbocycles. The van der Waals surface area contributed by atoms with Gasteiger partial charge in [-0.2, -0.15) is 13.2 Å². The largest absolute Gasteiger partial charge is 0.416 e. The molecule has 1 rings (SSSR count). The van der Waals surface area contributed by atoms with Gasteiger partial charge in [-0.3, -0.25) is 4.79 Å². The van der Waals surface area contributed by atoms with Gasteiger partial charge in [-0.05, 0) is 30.5 Å². The Morgan fingerprint density at radius 1 is 1.32 bits per heavy atom. The minimum Gasteiger partial charge on any atom is -0.324 e. The molecule has 1 unspecified atom stereocenters. The van der Waals surface area contributed by atoms with Crippen LogP contribution < -0.4 is 11.1 Å². The fourth-order valence-electron chi connectivity index (χ4n) is 1.45. The predicted molar refractivity (Wildman–Crippen MR) is 67.6 cm³/mol. The van der Waals surface area contributed by atoms with Gasteiger partial charge in [0, 0.05) is 5.69 Å². The lowest BCUT2D eigenvalue weighted by Gasteiger charge is -2.17. The van der Waals surface area contributed by atoms with Crippen molar-refractivity contribution in [2.24, 2.45) is 11.7 Å². The van der Waals surface area contributed by atoms with Gasteiger partial charge in [-0.25, -0.2) is 0 Å². The number of anilines is 1. The number of nitrogens with one attached hydrogen (secondary N) is 1. The van der Waals surface area contributed by atoms with Crippen LogP contribution in [0.2, 0.25) is 0 Å². The van der Waals surface area contributed by atoms with Crippen molar-refractivity contribution in [2.45, 2.75) is 33.0 Å². The normalized spacial score (nSPS) is 13.5. The molecule has 0 radical (unpaired) electrons. The Morgan fingerprint density at radius 2 is 1.89 bits per heavy atom. The Labute approximate surface area is 110 Å². The van der Waals surface area contributed by atoms with Crippen LogP contribution in [0.5, 0.6) is 0 Å². The molecular formula is C13H17F3N2O. The van der Waals surface area contributed by atoms with E-state index < -0.39 is 23.7 Å². The summed E-state index contributed by atoms with van der Waals surface area (Å²) in [6, 6.07) is 2.46. The van der Waals surface area contributed by atoms with Crippen molar-refractivity contribution < 1.29 is 18.0 Å². The molecule has 1 aromatic rings. The number of benzene rings is 1. The summed E-state index contributed by atoms with van der Waals surface area (Å²) in [7, 11) is 0. The maximum absolute atomic E-state index is 12.6. The number of halogens is 3. The number of hydrogen-bond acceptors (Lipinski definition) is 2. The zero-order chi connectivity index (χ0) is 14.8. The van der Waals surface area contributed by atoms with Gasteiger partial charge in [0.25, 0.3) is 0 Å². The standard InChI is InChI=1S/C13H17F3N2O/c1-7(2)11(17)12(19)18-10-6-9(13(14,15)16)5-4-8(10)3/h4-7,11H,17H2,1-3H3,(H,18,19). The second-order valence-electron chi connectivity index (χ2n) is 4.79. The van der Waals surface area contributed by atoms with E-state index in [-0.39, 0.29) is 11.6 Å². The summed E-state index contributed by atoms with van der Waals surface area (Å²) in [6.45, 7) is 5.16. The van der Waals surface area contributed by atoms with Crippen molar-refractivity contribution in [3.05, 3.63) is 29.3 Å². The van der Waals surface area contributed by atoms with Crippen LogP contribution in [0.25, 0.3) is 0 Å². The lowest BCUT2D eigenvalue weighted by atomic mass is 10.0. The van der Waals surface area contributed by atoms with Gasteiger partial charge in [-0.15, -0.1) is 0 Å². The SMILES string of the molecule is Cc1ccc(C(F)(F)F)cc1NC(=O)C(N)C(C)C. The molecule has 0 aromatic heterocycles. The van der Waals surface area contributed by atoms with Crippen LogP contribution in [-0.2, 0) is 11.0 Å². The molecule has 0 saturated carbocycles. The van der Waals surface area contributed by atoms with E-state index in [1.165, 1.54) is 6.07 Å². The number of hydrogen-bond donors (Lipinski definition) is 2. The van der Waals surface area contributed by atoms with Gasteiger partial charge in [0.1, 0.15) is 0 Å². The van der Waals surface area contributed by atoms with Crippen LogP contribution in [0.15, 0.2) is 18.2 Å². The second-order valence-corrected chi connectivity index (χ2v) is 4.79. The van der Waals surface area contributed by atoms with Crippen LogP contribution in [0.1, 0.15) is 25.0 Å². The fourth-order valence-corrected chi connectivity index (χ4v) is 1.45. The van der Waals surface area contributed by atoms with Crippen molar-refractivity contribution in [1.29, 1.82) is 0 Å². The zero-order valence-electron chi connectivity index (χ0n) is 11.0. The number of alkyl halides is 3.